The normalized spacial score (nSPS) is 14.0. The van der Waals surface area contributed by atoms with Crippen molar-refractivity contribution in [3.63, 3.8) is 0 Å². The van der Waals surface area contributed by atoms with Gasteiger partial charge in [0.2, 0.25) is 0 Å². The number of ether oxygens (including phenoxy) is 2. The number of carboxylic acid groups (broad SMARTS) is 1. The molecule has 1 aliphatic heterocycles. The van der Waals surface area contributed by atoms with Crippen LogP contribution in [0.2, 0.25) is 0 Å². The average Bonchev–Trinajstić information content (AvgIpc) is 3.68. The zero-order valence-electron chi connectivity index (χ0n) is 26.4. The number of hydrogen-bond donors (Lipinski definition) is 0. The van der Waals surface area contributed by atoms with E-state index in [2.05, 4.69) is 36.1 Å². The summed E-state index contributed by atoms with van der Waals surface area (Å²) in [4.78, 5) is 17.1. The van der Waals surface area contributed by atoms with Gasteiger partial charge in [0, 0.05) is 42.2 Å². The van der Waals surface area contributed by atoms with Crippen LogP contribution in [0.4, 0.5) is 0 Å². The minimum absolute atomic E-state index is 0. The van der Waals surface area contributed by atoms with Gasteiger partial charge in [-0.3, -0.25) is 9.97 Å². The van der Waals surface area contributed by atoms with Gasteiger partial charge in [0.25, 0.3) is 0 Å². The largest absolute Gasteiger partial charge is 1.00 e. The number of carbonyl (C=O) groups is 1. The summed E-state index contributed by atoms with van der Waals surface area (Å²) in [5.74, 6) is 0.319. The molecule has 15 heteroatoms. The molecule has 0 N–H and O–H groups in total. The van der Waals surface area contributed by atoms with Gasteiger partial charge in [-0.05, 0) is 50.5 Å². The number of carboxylic acids is 1. The molecule has 5 rings (SSSR count). The van der Waals surface area contributed by atoms with Gasteiger partial charge in [0.05, 0.1) is 72.3 Å². The summed E-state index contributed by atoms with van der Waals surface area (Å²) in [6.07, 6.45) is 14.0. The van der Waals surface area contributed by atoms with E-state index < -0.39 is 13.1 Å². The van der Waals surface area contributed by atoms with Crippen LogP contribution < -0.4 is 71.4 Å². The zero-order valence-corrected chi connectivity index (χ0v) is 31.1. The van der Waals surface area contributed by atoms with E-state index in [4.69, 9.17) is 28.7 Å². The maximum Gasteiger partial charge on any atom is 1.00 e. The summed E-state index contributed by atoms with van der Waals surface area (Å²) in [7, 11) is 2.80. The molecule has 12 nitrogen and oxygen atoms in total. The van der Waals surface area contributed by atoms with Crippen LogP contribution in [0, 0.1) is 0 Å². The van der Waals surface area contributed by atoms with Crippen LogP contribution in [0.25, 0.3) is 11.4 Å². The third kappa shape index (κ3) is 11.4. The summed E-state index contributed by atoms with van der Waals surface area (Å²) in [6, 6.07) is 3.74. The van der Waals surface area contributed by atoms with E-state index >= 15 is 0 Å². The Bertz CT molecular complexity index is 1410. The van der Waals surface area contributed by atoms with Crippen molar-refractivity contribution in [1.29, 1.82) is 0 Å². The molecule has 0 saturated carbocycles. The number of rotatable bonds is 5. The fourth-order valence-electron chi connectivity index (χ4n) is 3.31. The second kappa shape index (κ2) is 18.0. The van der Waals surface area contributed by atoms with Crippen molar-refractivity contribution in [3.05, 3.63) is 66.2 Å². The van der Waals surface area contributed by atoms with Crippen LogP contribution in [0.15, 0.2) is 66.2 Å². The number of carbonyl (C=O) groups excluding carboxylic acids is 1. The molecule has 1 aliphatic rings. The number of nitrogens with zero attached hydrogens (tertiary/aromatic N) is 6. The first-order valence-electron chi connectivity index (χ1n) is 13.1. The molecule has 0 aliphatic carbocycles. The minimum Gasteiger partial charge on any atom is -0.550 e. The van der Waals surface area contributed by atoms with Crippen molar-refractivity contribution < 1.29 is 80.1 Å². The molecule has 0 radical (unpaired) electrons. The summed E-state index contributed by atoms with van der Waals surface area (Å²) < 4.78 is 26.7. The van der Waals surface area contributed by atoms with Gasteiger partial charge in [0.1, 0.15) is 11.5 Å². The first kappa shape index (κ1) is 38.9. The smallest absolute Gasteiger partial charge is 0.550 e. The molecule has 0 amide bonds. The van der Waals surface area contributed by atoms with Gasteiger partial charge in [-0.2, -0.15) is 10.2 Å². The quantitative estimate of drug-likeness (QED) is 0.272. The van der Waals surface area contributed by atoms with Crippen molar-refractivity contribution in [2.45, 2.75) is 59.7 Å². The SMILES string of the molecule is CC.CC(=O)[O-].COc1cncc(-n2cc(B3OC(C)(C)C(C)(C)O3)cn2)c1.COc1cncc(-n2cc(Br)cn2)c1.[K+]. The molecule has 0 aromatic carbocycles. The van der Waals surface area contributed by atoms with E-state index in [1.54, 1.807) is 60.8 Å². The van der Waals surface area contributed by atoms with Gasteiger partial charge in [0.15, 0.2) is 0 Å². The van der Waals surface area contributed by atoms with E-state index in [-0.39, 0.29) is 62.6 Å². The fraction of sp³-hybridized carbons (Fsp3) is 0.393. The topological polar surface area (TPSA) is 138 Å². The van der Waals surface area contributed by atoms with Gasteiger partial charge in [-0.15, -0.1) is 0 Å². The molecule has 0 bridgehead atoms. The van der Waals surface area contributed by atoms with Crippen molar-refractivity contribution in [3.8, 4) is 22.9 Å². The molecule has 0 atom stereocenters. The van der Waals surface area contributed by atoms with Crippen LogP contribution in [-0.2, 0) is 14.1 Å². The molecule has 0 unspecified atom stereocenters. The maximum atomic E-state index is 8.89. The van der Waals surface area contributed by atoms with Crippen molar-refractivity contribution in [2.75, 3.05) is 14.2 Å². The second-order valence-corrected chi connectivity index (χ2v) is 10.5. The number of pyridine rings is 2. The Morgan fingerprint density at radius 3 is 1.65 bits per heavy atom. The molecular formula is C28H37BBrKN6O6. The van der Waals surface area contributed by atoms with Gasteiger partial charge in [-0.1, -0.05) is 13.8 Å². The van der Waals surface area contributed by atoms with Crippen LogP contribution in [0.5, 0.6) is 11.5 Å². The van der Waals surface area contributed by atoms with Gasteiger partial charge >= 0.3 is 58.5 Å². The molecule has 43 heavy (non-hydrogen) atoms. The first-order chi connectivity index (χ1) is 19.8. The number of hydrogen-bond acceptors (Lipinski definition) is 10. The summed E-state index contributed by atoms with van der Waals surface area (Å²) in [5.41, 5.74) is 1.84. The van der Waals surface area contributed by atoms with Gasteiger partial charge < -0.3 is 28.7 Å². The summed E-state index contributed by atoms with van der Waals surface area (Å²) >= 11 is 3.33. The molecule has 226 valence electrons. The zero-order chi connectivity index (χ0) is 31.5. The van der Waals surface area contributed by atoms with Crippen molar-refractivity contribution >= 4 is 34.5 Å². The molecule has 1 fully saturated rings. The van der Waals surface area contributed by atoms with E-state index in [9.17, 15) is 0 Å². The first-order valence-corrected chi connectivity index (χ1v) is 13.9. The Morgan fingerprint density at radius 2 is 1.26 bits per heavy atom. The van der Waals surface area contributed by atoms with E-state index in [1.807, 2.05) is 66.1 Å². The molecule has 0 spiro atoms. The Hall–Kier alpha value is -2.11. The van der Waals surface area contributed by atoms with Crippen LogP contribution in [-0.4, -0.2) is 68.0 Å². The number of methoxy groups -OCH3 is 2. The van der Waals surface area contributed by atoms with E-state index in [0.717, 1.165) is 28.2 Å². The molecule has 4 aromatic heterocycles. The summed E-state index contributed by atoms with van der Waals surface area (Å²) in [6.45, 7) is 13.1. The third-order valence-corrected chi connectivity index (χ3v) is 6.49. The Balaban J connectivity index is 0.000000379. The van der Waals surface area contributed by atoms with E-state index in [0.29, 0.717) is 11.5 Å². The van der Waals surface area contributed by atoms with Gasteiger partial charge in [-0.25, -0.2) is 9.36 Å². The Labute approximate surface area is 304 Å². The predicted octanol–water partition coefficient (Wildman–Crippen LogP) is 0.400. The van der Waals surface area contributed by atoms with Crippen molar-refractivity contribution in [1.82, 2.24) is 29.5 Å². The monoisotopic (exact) mass is 682 g/mol. The third-order valence-electron chi connectivity index (χ3n) is 6.08. The van der Waals surface area contributed by atoms with Crippen LogP contribution >= 0.6 is 15.9 Å². The van der Waals surface area contributed by atoms with Crippen LogP contribution in [0.1, 0.15) is 48.5 Å². The molecule has 4 aromatic rings. The Morgan fingerprint density at radius 1 is 0.837 bits per heavy atom. The minimum atomic E-state index is -1.08. The average molecular weight is 683 g/mol. The second-order valence-electron chi connectivity index (χ2n) is 9.57. The standard InChI is InChI=1S/C15H20BN3O3.C9H8BrN3O.C2H4O2.C2H6.K/c1-14(2)15(3,4)22-16(21-14)11-7-18-19(10-11)12-6-13(20-5)9-17-8-12;1-14-9-2-8(4-11-5-9)13-6-7(10)3-12-13;1-2(3)4;1-2;/h6-10H,1-5H3;2-6H,1H3;1H3,(H,3,4);1-2H3;/q;;;;+1/p-1. The van der Waals surface area contributed by atoms with E-state index in [1.165, 1.54) is 0 Å². The summed E-state index contributed by atoms with van der Waals surface area (Å²) in [5, 5.41) is 17.4. The Kier molecular flexibility index (Phi) is 16.3. The number of halogens is 1. The molecule has 5 heterocycles. The maximum absolute atomic E-state index is 8.89. The predicted molar refractivity (Wildman–Crippen MR) is 161 cm³/mol. The molecular weight excluding hydrogens is 646 g/mol. The molecule has 1 saturated heterocycles. The number of aliphatic carboxylic acids is 1. The fourth-order valence-corrected chi connectivity index (χ4v) is 3.59. The number of aromatic nitrogens is 6. The van der Waals surface area contributed by atoms with Crippen molar-refractivity contribution in [2.24, 2.45) is 0 Å². The van der Waals surface area contributed by atoms with Crippen LogP contribution in [0.3, 0.4) is 0 Å².